The van der Waals surface area contributed by atoms with Crippen molar-refractivity contribution in [2.45, 2.75) is 20.4 Å². The average Bonchev–Trinajstić information content (AvgIpc) is 2.47. The molecule has 0 aliphatic heterocycles. The van der Waals surface area contributed by atoms with E-state index in [0.717, 1.165) is 0 Å². The molecular weight excluding hydrogens is 216 g/mol. The Morgan fingerprint density at radius 2 is 2.13 bits per heavy atom. The van der Waals surface area contributed by atoms with Crippen LogP contribution in [0.3, 0.4) is 0 Å². The van der Waals surface area contributed by atoms with Crippen molar-refractivity contribution in [1.82, 2.24) is 20.1 Å². The predicted octanol–water partition coefficient (Wildman–Crippen LogP) is 0.00619. The van der Waals surface area contributed by atoms with Crippen LogP contribution in [-0.2, 0) is 11.3 Å². The first-order valence-corrected chi connectivity index (χ1v) is 4.89. The van der Waals surface area contributed by atoms with E-state index < -0.39 is 5.41 Å². The largest absolute Gasteiger partial charge is 0.359 e. The standard InChI is InChI=1S/C8H14N4O2S/c1-8(2,5(13)9-3)4-12-6(14)10-11-7(12)15/h4H2,1-3H3,(H,9,13)(H,10,14)(H,11,15). The van der Waals surface area contributed by atoms with Crippen molar-refractivity contribution in [3.63, 3.8) is 0 Å². The number of aromatic nitrogens is 3. The lowest BCUT2D eigenvalue weighted by Gasteiger charge is -2.21. The van der Waals surface area contributed by atoms with Gasteiger partial charge in [0.2, 0.25) is 5.91 Å². The molecule has 0 fully saturated rings. The summed E-state index contributed by atoms with van der Waals surface area (Å²) in [5.41, 5.74) is -1.01. The van der Waals surface area contributed by atoms with Gasteiger partial charge in [-0.25, -0.2) is 9.89 Å². The molecule has 0 saturated carbocycles. The lowest BCUT2D eigenvalue weighted by molar-refractivity contribution is -0.129. The van der Waals surface area contributed by atoms with Gasteiger partial charge in [-0.15, -0.1) is 0 Å². The third-order valence-corrected chi connectivity index (χ3v) is 2.48. The van der Waals surface area contributed by atoms with Gasteiger partial charge in [-0.05, 0) is 26.1 Å². The van der Waals surface area contributed by atoms with Crippen LogP contribution >= 0.6 is 12.2 Å². The molecule has 0 saturated heterocycles. The summed E-state index contributed by atoms with van der Waals surface area (Å²) in [6.45, 7) is 3.74. The summed E-state index contributed by atoms with van der Waals surface area (Å²) >= 11 is 4.91. The molecule has 15 heavy (non-hydrogen) atoms. The highest BCUT2D eigenvalue weighted by Crippen LogP contribution is 2.16. The topological polar surface area (TPSA) is 82.7 Å². The minimum Gasteiger partial charge on any atom is -0.359 e. The fourth-order valence-corrected chi connectivity index (χ4v) is 1.48. The van der Waals surface area contributed by atoms with Gasteiger partial charge in [-0.1, -0.05) is 0 Å². The van der Waals surface area contributed by atoms with Crippen molar-refractivity contribution in [3.05, 3.63) is 15.3 Å². The second-order valence-corrected chi connectivity index (χ2v) is 4.30. The zero-order valence-electron chi connectivity index (χ0n) is 8.88. The Hall–Kier alpha value is -1.37. The molecule has 0 aromatic carbocycles. The predicted molar refractivity (Wildman–Crippen MR) is 58.1 cm³/mol. The Kier molecular flexibility index (Phi) is 3.13. The summed E-state index contributed by atoms with van der Waals surface area (Å²) < 4.78 is 1.61. The molecule has 6 nitrogen and oxygen atoms in total. The van der Waals surface area contributed by atoms with Crippen LogP contribution in [0.15, 0.2) is 4.79 Å². The van der Waals surface area contributed by atoms with Crippen molar-refractivity contribution in [2.75, 3.05) is 7.05 Å². The van der Waals surface area contributed by atoms with Crippen LogP contribution in [-0.4, -0.2) is 27.7 Å². The monoisotopic (exact) mass is 230 g/mol. The van der Waals surface area contributed by atoms with Crippen molar-refractivity contribution in [3.8, 4) is 0 Å². The van der Waals surface area contributed by atoms with Crippen LogP contribution in [0.1, 0.15) is 13.8 Å². The van der Waals surface area contributed by atoms with Crippen molar-refractivity contribution < 1.29 is 4.79 Å². The first kappa shape index (κ1) is 11.7. The summed E-state index contributed by atoms with van der Waals surface area (Å²) in [5, 5.41) is 7.44. The normalized spacial score (nSPS) is 11.4. The van der Waals surface area contributed by atoms with Crippen LogP contribution in [0.25, 0.3) is 0 Å². The van der Waals surface area contributed by atoms with E-state index in [9.17, 15) is 9.59 Å². The van der Waals surface area contributed by atoms with E-state index in [1.54, 1.807) is 20.9 Å². The number of hydrogen-bond acceptors (Lipinski definition) is 3. The Balaban J connectivity index is 3.01. The van der Waals surface area contributed by atoms with Gasteiger partial charge >= 0.3 is 5.69 Å². The van der Waals surface area contributed by atoms with E-state index in [-0.39, 0.29) is 22.9 Å². The number of carbonyl (C=O) groups excluding carboxylic acids is 1. The van der Waals surface area contributed by atoms with Gasteiger partial charge in [0.05, 0.1) is 5.41 Å². The molecule has 0 spiro atoms. The number of hydrogen-bond donors (Lipinski definition) is 3. The SMILES string of the molecule is CNC(=O)C(C)(C)Cn1c(=O)[nH][nH]c1=S. The molecule has 0 radical (unpaired) electrons. The molecule has 0 aliphatic rings. The van der Waals surface area contributed by atoms with Gasteiger partial charge in [-0.2, -0.15) is 0 Å². The van der Waals surface area contributed by atoms with E-state index in [1.165, 1.54) is 4.57 Å². The molecule has 1 rings (SSSR count). The molecule has 84 valence electrons. The molecule has 1 amide bonds. The molecule has 3 N–H and O–H groups in total. The van der Waals surface area contributed by atoms with E-state index in [1.807, 2.05) is 0 Å². The van der Waals surface area contributed by atoms with Crippen LogP contribution in [0.2, 0.25) is 0 Å². The van der Waals surface area contributed by atoms with Crippen LogP contribution < -0.4 is 11.0 Å². The highest BCUT2D eigenvalue weighted by molar-refractivity contribution is 7.71. The molecule has 0 bridgehead atoms. The number of amides is 1. The Bertz CT molecular complexity index is 440. The van der Waals surface area contributed by atoms with Crippen LogP contribution in [0.5, 0.6) is 0 Å². The number of nitrogens with zero attached hydrogens (tertiary/aromatic N) is 1. The van der Waals surface area contributed by atoms with Crippen LogP contribution in [0, 0.1) is 10.2 Å². The second kappa shape index (κ2) is 4.01. The minimum atomic E-state index is -0.678. The smallest absolute Gasteiger partial charge is 0.342 e. The molecule has 1 aromatic heterocycles. The average molecular weight is 230 g/mol. The van der Waals surface area contributed by atoms with Gasteiger partial charge in [0.15, 0.2) is 4.77 Å². The molecule has 0 unspecified atom stereocenters. The maximum Gasteiger partial charge on any atom is 0.342 e. The summed E-state index contributed by atoms with van der Waals surface area (Å²) in [6, 6.07) is 0. The van der Waals surface area contributed by atoms with E-state index >= 15 is 0 Å². The highest BCUT2D eigenvalue weighted by atomic mass is 32.1. The molecule has 0 atom stereocenters. The Labute approximate surface area is 91.7 Å². The first-order chi connectivity index (χ1) is 6.88. The molecule has 0 aliphatic carbocycles. The van der Waals surface area contributed by atoms with E-state index in [4.69, 9.17) is 12.2 Å². The van der Waals surface area contributed by atoms with Crippen molar-refractivity contribution >= 4 is 18.1 Å². The van der Waals surface area contributed by atoms with Gasteiger partial charge in [-0.3, -0.25) is 14.5 Å². The first-order valence-electron chi connectivity index (χ1n) is 4.48. The number of aromatic amines is 2. The lowest BCUT2D eigenvalue weighted by Crippen LogP contribution is -2.39. The van der Waals surface area contributed by atoms with Gasteiger partial charge in [0, 0.05) is 13.6 Å². The lowest BCUT2D eigenvalue weighted by atomic mass is 9.92. The third-order valence-electron chi connectivity index (χ3n) is 2.16. The maximum atomic E-state index is 11.5. The molecular formula is C8H14N4O2S. The summed E-state index contributed by atoms with van der Waals surface area (Å²) in [4.78, 5) is 22.8. The van der Waals surface area contributed by atoms with Gasteiger partial charge < -0.3 is 5.32 Å². The van der Waals surface area contributed by atoms with Crippen LogP contribution in [0.4, 0.5) is 0 Å². The fourth-order valence-electron chi connectivity index (χ4n) is 1.28. The number of nitrogens with one attached hydrogen (secondary N) is 3. The molecule has 1 heterocycles. The summed E-state index contributed by atoms with van der Waals surface area (Å²) in [5.74, 6) is -0.134. The van der Waals surface area contributed by atoms with Gasteiger partial charge in [0.25, 0.3) is 0 Å². The third kappa shape index (κ3) is 2.35. The van der Waals surface area contributed by atoms with Crippen molar-refractivity contribution in [2.24, 2.45) is 5.41 Å². The van der Waals surface area contributed by atoms with Gasteiger partial charge in [0.1, 0.15) is 0 Å². The second-order valence-electron chi connectivity index (χ2n) is 3.91. The zero-order chi connectivity index (χ0) is 11.6. The Morgan fingerprint density at radius 3 is 2.53 bits per heavy atom. The zero-order valence-corrected chi connectivity index (χ0v) is 9.70. The highest BCUT2D eigenvalue weighted by Gasteiger charge is 2.28. The summed E-state index contributed by atoms with van der Waals surface area (Å²) in [6.07, 6.45) is 0. The Morgan fingerprint density at radius 1 is 1.53 bits per heavy atom. The van der Waals surface area contributed by atoms with E-state index in [0.29, 0.717) is 0 Å². The molecule has 1 aromatic rings. The number of H-pyrrole nitrogens is 2. The maximum absolute atomic E-state index is 11.5. The van der Waals surface area contributed by atoms with E-state index in [2.05, 4.69) is 15.5 Å². The number of carbonyl (C=O) groups is 1. The minimum absolute atomic E-state index is 0.134. The quantitative estimate of drug-likeness (QED) is 0.639. The molecule has 7 heteroatoms. The van der Waals surface area contributed by atoms with Crippen molar-refractivity contribution in [1.29, 1.82) is 0 Å². The fraction of sp³-hybridized carbons (Fsp3) is 0.625. The number of rotatable bonds is 3. The summed E-state index contributed by atoms with van der Waals surface area (Å²) in [7, 11) is 1.56.